The van der Waals surface area contributed by atoms with Gasteiger partial charge in [-0.1, -0.05) is 18.2 Å². The Morgan fingerprint density at radius 3 is 2.80 bits per heavy atom. The van der Waals surface area contributed by atoms with Gasteiger partial charge in [-0.15, -0.1) is 0 Å². The van der Waals surface area contributed by atoms with Crippen LogP contribution < -0.4 is 10.3 Å². The van der Waals surface area contributed by atoms with Crippen LogP contribution in [0.5, 0.6) is 5.75 Å². The molecule has 0 spiro atoms. The molecule has 11 nitrogen and oxygen atoms in total. The fraction of sp³-hybridized carbons (Fsp3) is 0.278. The predicted octanol–water partition coefficient (Wildman–Crippen LogP) is 0.852. The smallest absolute Gasteiger partial charge is 0.367 e. The molecule has 0 bridgehead atoms. The van der Waals surface area contributed by atoms with Crippen LogP contribution in [0.3, 0.4) is 0 Å². The number of aliphatic hydroxyl groups excluding tert-OH is 2. The van der Waals surface area contributed by atoms with Crippen LogP contribution in [0, 0.1) is 11.3 Å². The summed E-state index contributed by atoms with van der Waals surface area (Å²) in [7, 11) is -3.04. The minimum absolute atomic E-state index is 0.218. The van der Waals surface area contributed by atoms with Crippen molar-refractivity contribution in [3.8, 4) is 11.8 Å². The lowest BCUT2D eigenvalue weighted by Gasteiger charge is -2.23. The van der Waals surface area contributed by atoms with Crippen LogP contribution in [0.25, 0.3) is 5.52 Å². The van der Waals surface area contributed by atoms with Crippen molar-refractivity contribution in [2.75, 3.05) is 12.3 Å². The van der Waals surface area contributed by atoms with E-state index in [4.69, 9.17) is 19.5 Å². The molecule has 2 aromatic heterocycles. The third kappa shape index (κ3) is 3.52. The number of aliphatic hydroxyl groups is 2. The molecule has 12 heteroatoms. The Hall–Kier alpha value is -3.00. The largest absolute Gasteiger partial charge is 0.426 e. The highest BCUT2D eigenvalue weighted by atomic mass is 31.1. The fourth-order valence-corrected chi connectivity index (χ4v) is 3.98. The maximum atomic E-state index is 12.1. The number of para-hydroxylation sites is 1. The summed E-state index contributed by atoms with van der Waals surface area (Å²) in [5, 5.41) is 34.8. The van der Waals surface area contributed by atoms with Gasteiger partial charge >= 0.3 is 8.25 Å². The average Bonchev–Trinajstić information content (AvgIpc) is 3.29. The van der Waals surface area contributed by atoms with E-state index < -0.39 is 38.8 Å². The van der Waals surface area contributed by atoms with Crippen molar-refractivity contribution in [2.45, 2.75) is 23.9 Å². The quantitative estimate of drug-likeness (QED) is 0.476. The molecule has 4 N–H and O–H groups in total. The number of nitrogens with zero attached hydrogens (tertiary/aromatic N) is 4. The van der Waals surface area contributed by atoms with Gasteiger partial charge in [0.05, 0.1) is 5.69 Å². The van der Waals surface area contributed by atoms with E-state index in [9.17, 15) is 20.0 Å². The highest BCUT2D eigenvalue weighted by Gasteiger charge is 2.56. The molecule has 4 rings (SSSR count). The van der Waals surface area contributed by atoms with E-state index in [2.05, 4.69) is 10.1 Å². The van der Waals surface area contributed by atoms with Crippen LogP contribution in [0.15, 0.2) is 48.8 Å². The molecule has 156 valence electrons. The number of aromatic nitrogens is 3. The SMILES string of the molecule is N#C[C@]1(CO[PH](=O)Oc2ccccc2)O[C@@H](c2ccc3c(N)ncnn23)[C@H](O)[C@@H]1O. The fourth-order valence-electron chi connectivity index (χ4n) is 3.26. The van der Waals surface area contributed by atoms with Crippen LogP contribution in [-0.4, -0.2) is 49.2 Å². The van der Waals surface area contributed by atoms with Crippen molar-refractivity contribution in [2.24, 2.45) is 0 Å². The number of ether oxygens (including phenoxy) is 1. The molecule has 0 aliphatic carbocycles. The zero-order valence-corrected chi connectivity index (χ0v) is 16.5. The maximum absolute atomic E-state index is 12.1. The van der Waals surface area contributed by atoms with Crippen LogP contribution >= 0.6 is 8.25 Å². The Kier molecular flexibility index (Phi) is 5.42. The van der Waals surface area contributed by atoms with E-state index >= 15 is 0 Å². The molecular weight excluding hydrogens is 413 g/mol. The zero-order valence-electron chi connectivity index (χ0n) is 15.5. The van der Waals surface area contributed by atoms with E-state index in [0.29, 0.717) is 17.0 Å². The van der Waals surface area contributed by atoms with E-state index in [-0.39, 0.29) is 5.82 Å². The minimum Gasteiger partial charge on any atom is -0.426 e. The first-order valence-electron chi connectivity index (χ1n) is 8.88. The summed E-state index contributed by atoms with van der Waals surface area (Å²) in [5.41, 5.74) is 4.68. The van der Waals surface area contributed by atoms with Crippen LogP contribution in [0.2, 0.25) is 0 Å². The van der Waals surface area contributed by atoms with E-state index in [1.54, 1.807) is 42.5 Å². The number of nitrogens with two attached hydrogens (primary N) is 1. The third-order valence-corrected chi connectivity index (χ3v) is 5.57. The van der Waals surface area contributed by atoms with Crippen molar-refractivity contribution < 1.29 is 28.6 Å². The Morgan fingerprint density at radius 2 is 2.07 bits per heavy atom. The second-order valence-electron chi connectivity index (χ2n) is 6.63. The standard InChI is InChI=1S/C18H18N5O6P/c19-8-18(9-27-30(26)29-11-4-2-1-3-5-11)16(25)14(24)15(28-18)12-6-7-13-17(20)21-10-22-23(12)13/h1-7,10,14-16,24-25,30H,9H2,(H2,20,21,22)/t14-,15-,16-,18+/m0/s1. The molecule has 1 saturated heterocycles. The number of anilines is 1. The van der Waals surface area contributed by atoms with E-state index in [0.717, 1.165) is 0 Å². The van der Waals surface area contributed by atoms with Gasteiger partial charge in [-0.25, -0.2) is 14.1 Å². The molecule has 1 unspecified atom stereocenters. The van der Waals surface area contributed by atoms with Gasteiger partial charge in [-0.3, -0.25) is 4.52 Å². The number of nitrogen functional groups attached to an aromatic ring is 1. The molecule has 0 radical (unpaired) electrons. The molecule has 1 aliphatic heterocycles. The van der Waals surface area contributed by atoms with Gasteiger partial charge in [0, 0.05) is 0 Å². The Morgan fingerprint density at radius 1 is 1.30 bits per heavy atom. The first-order chi connectivity index (χ1) is 14.4. The molecule has 3 heterocycles. The molecule has 1 aliphatic rings. The molecule has 0 amide bonds. The molecule has 1 aromatic carbocycles. The summed E-state index contributed by atoms with van der Waals surface area (Å²) >= 11 is 0. The van der Waals surface area contributed by atoms with Gasteiger partial charge in [0.2, 0.25) is 5.60 Å². The second-order valence-corrected chi connectivity index (χ2v) is 7.62. The Bertz CT molecular complexity index is 1120. The van der Waals surface area contributed by atoms with Crippen molar-refractivity contribution in [1.82, 2.24) is 14.6 Å². The molecule has 5 atom stereocenters. The topological polar surface area (TPSA) is 165 Å². The number of rotatable bonds is 6. The van der Waals surface area contributed by atoms with Gasteiger partial charge in [0.1, 0.15) is 48.6 Å². The molecule has 0 saturated carbocycles. The van der Waals surface area contributed by atoms with Crippen LogP contribution in [0.4, 0.5) is 5.82 Å². The second kappa shape index (κ2) is 8.02. The molecule has 1 fully saturated rings. The number of hydrogen-bond acceptors (Lipinski definition) is 10. The summed E-state index contributed by atoms with van der Waals surface area (Å²) in [6.45, 7) is -0.580. The lowest BCUT2D eigenvalue weighted by atomic mass is 9.96. The van der Waals surface area contributed by atoms with Crippen LogP contribution in [-0.2, 0) is 13.8 Å². The summed E-state index contributed by atoms with van der Waals surface area (Å²) in [4.78, 5) is 3.88. The van der Waals surface area contributed by atoms with Crippen molar-refractivity contribution in [3.63, 3.8) is 0 Å². The van der Waals surface area contributed by atoms with Gasteiger partial charge in [0.25, 0.3) is 0 Å². The van der Waals surface area contributed by atoms with Crippen molar-refractivity contribution in [1.29, 1.82) is 5.26 Å². The predicted molar refractivity (Wildman–Crippen MR) is 104 cm³/mol. The Labute approximate surface area is 171 Å². The Balaban J connectivity index is 1.53. The highest BCUT2D eigenvalue weighted by Crippen LogP contribution is 2.42. The lowest BCUT2D eigenvalue weighted by Crippen LogP contribution is -2.45. The van der Waals surface area contributed by atoms with Gasteiger partial charge in [0.15, 0.2) is 5.82 Å². The number of fused-ring (bicyclic) bond motifs is 1. The number of nitriles is 1. The molecule has 30 heavy (non-hydrogen) atoms. The van der Waals surface area contributed by atoms with Crippen molar-refractivity contribution in [3.05, 3.63) is 54.5 Å². The minimum atomic E-state index is -3.04. The normalized spacial score (nSPS) is 27.0. The lowest BCUT2D eigenvalue weighted by molar-refractivity contribution is -0.0690. The number of benzene rings is 1. The summed E-state index contributed by atoms with van der Waals surface area (Å²) in [5.74, 6) is 0.547. The summed E-state index contributed by atoms with van der Waals surface area (Å²) < 4.78 is 29.6. The third-order valence-electron chi connectivity index (χ3n) is 4.79. The first kappa shape index (κ1) is 20.3. The van der Waals surface area contributed by atoms with Crippen molar-refractivity contribution >= 4 is 19.6 Å². The average molecular weight is 431 g/mol. The maximum Gasteiger partial charge on any atom is 0.367 e. The monoisotopic (exact) mass is 431 g/mol. The summed E-state index contributed by atoms with van der Waals surface area (Å²) in [6.07, 6.45) is -2.99. The summed E-state index contributed by atoms with van der Waals surface area (Å²) in [6, 6.07) is 13.4. The number of hydrogen-bond donors (Lipinski definition) is 3. The highest BCUT2D eigenvalue weighted by molar-refractivity contribution is 7.33. The van der Waals surface area contributed by atoms with E-state index in [1.807, 2.05) is 6.07 Å². The zero-order chi connectivity index (χ0) is 21.3. The van der Waals surface area contributed by atoms with Gasteiger partial charge < -0.3 is 25.2 Å². The van der Waals surface area contributed by atoms with Gasteiger partial charge in [-0.2, -0.15) is 10.4 Å². The van der Waals surface area contributed by atoms with Crippen LogP contribution in [0.1, 0.15) is 11.8 Å². The molecular formula is C18H18N5O6P. The van der Waals surface area contributed by atoms with Gasteiger partial charge in [-0.05, 0) is 24.3 Å². The van der Waals surface area contributed by atoms with E-state index in [1.165, 1.54) is 10.8 Å². The molecule has 3 aromatic rings. The first-order valence-corrected chi connectivity index (χ1v) is 10.1.